The van der Waals surface area contributed by atoms with Gasteiger partial charge in [-0.05, 0) is 40.6 Å². The summed E-state index contributed by atoms with van der Waals surface area (Å²) in [5, 5.41) is 8.55. The van der Waals surface area contributed by atoms with Crippen molar-refractivity contribution in [2.45, 2.75) is 0 Å². The molecule has 1 N–H and O–H groups in total. The molecule has 0 atom stereocenters. The van der Waals surface area contributed by atoms with Crippen molar-refractivity contribution >= 4 is 28.6 Å². The van der Waals surface area contributed by atoms with Gasteiger partial charge in [0.15, 0.2) is 6.61 Å². The fourth-order valence-corrected chi connectivity index (χ4v) is 2.25. The average molecular weight is 322 g/mol. The number of hydrogen-bond acceptors (Lipinski definition) is 3. The summed E-state index contributed by atoms with van der Waals surface area (Å²) in [6.45, 7) is -0.224. The van der Waals surface area contributed by atoms with Gasteiger partial charge in [-0.3, -0.25) is 4.79 Å². The highest BCUT2D eigenvalue weighted by atomic mass is 19.1. The van der Waals surface area contributed by atoms with E-state index in [9.17, 15) is 9.18 Å². The van der Waals surface area contributed by atoms with Crippen LogP contribution in [0.25, 0.3) is 10.8 Å². The number of anilines is 1. The van der Waals surface area contributed by atoms with Crippen LogP contribution in [0.1, 0.15) is 5.56 Å². The Morgan fingerprint density at radius 3 is 2.71 bits per heavy atom. The lowest BCUT2D eigenvalue weighted by Gasteiger charge is -2.05. The second-order valence-electron chi connectivity index (χ2n) is 5.17. The molecule has 24 heavy (non-hydrogen) atoms. The van der Waals surface area contributed by atoms with Crippen LogP contribution in [0, 0.1) is 5.82 Å². The molecular formula is C19H15FN2O2. The van der Waals surface area contributed by atoms with Crippen LogP contribution in [0.15, 0.2) is 71.9 Å². The van der Waals surface area contributed by atoms with Gasteiger partial charge in [0.1, 0.15) is 5.82 Å². The molecule has 0 aromatic heterocycles. The van der Waals surface area contributed by atoms with Crippen molar-refractivity contribution in [1.82, 2.24) is 0 Å². The lowest BCUT2D eigenvalue weighted by atomic mass is 10.1. The van der Waals surface area contributed by atoms with Crippen molar-refractivity contribution in [2.75, 3.05) is 11.9 Å². The summed E-state index contributed by atoms with van der Waals surface area (Å²) >= 11 is 0. The lowest BCUT2D eigenvalue weighted by Crippen LogP contribution is -2.16. The van der Waals surface area contributed by atoms with Crippen LogP contribution in [0.2, 0.25) is 0 Å². The molecule has 3 aromatic rings. The highest BCUT2D eigenvalue weighted by Crippen LogP contribution is 2.18. The van der Waals surface area contributed by atoms with E-state index in [0.717, 1.165) is 10.8 Å². The van der Waals surface area contributed by atoms with Gasteiger partial charge in [0.05, 0.1) is 6.21 Å². The highest BCUT2D eigenvalue weighted by molar-refractivity contribution is 5.95. The van der Waals surface area contributed by atoms with Gasteiger partial charge >= 0.3 is 0 Å². The number of oxime groups is 1. The molecule has 4 nitrogen and oxygen atoms in total. The molecular weight excluding hydrogens is 307 g/mol. The molecule has 120 valence electrons. The summed E-state index contributed by atoms with van der Waals surface area (Å²) < 4.78 is 13.0. The Bertz CT molecular complexity index is 893. The molecule has 0 fully saturated rings. The third-order valence-corrected chi connectivity index (χ3v) is 3.35. The number of nitrogens with one attached hydrogen (secondary N) is 1. The maximum Gasteiger partial charge on any atom is 0.265 e. The van der Waals surface area contributed by atoms with Gasteiger partial charge in [0, 0.05) is 5.69 Å². The number of nitrogens with zero attached hydrogens (tertiary/aromatic N) is 1. The second kappa shape index (κ2) is 7.37. The SMILES string of the molecule is O=C(CO/N=C\c1cccc(F)c1)Nc1ccc2ccccc2c1. The monoisotopic (exact) mass is 322 g/mol. The third-order valence-electron chi connectivity index (χ3n) is 3.35. The van der Waals surface area contributed by atoms with E-state index in [4.69, 9.17) is 4.84 Å². The van der Waals surface area contributed by atoms with Crippen LogP contribution in [0.5, 0.6) is 0 Å². The molecule has 3 rings (SSSR count). The quantitative estimate of drug-likeness (QED) is 0.571. The molecule has 3 aromatic carbocycles. The number of carbonyl (C=O) groups is 1. The first-order valence-electron chi connectivity index (χ1n) is 7.40. The molecule has 0 spiro atoms. The van der Waals surface area contributed by atoms with Crippen molar-refractivity contribution in [3.8, 4) is 0 Å². The Balaban J connectivity index is 1.53. The molecule has 0 bridgehead atoms. The van der Waals surface area contributed by atoms with Crippen LogP contribution in [-0.2, 0) is 9.63 Å². The van der Waals surface area contributed by atoms with Crippen LogP contribution in [0.4, 0.5) is 10.1 Å². The van der Waals surface area contributed by atoms with E-state index in [-0.39, 0.29) is 18.3 Å². The molecule has 1 amide bonds. The fraction of sp³-hybridized carbons (Fsp3) is 0.0526. The Morgan fingerprint density at radius 1 is 1.04 bits per heavy atom. The maximum atomic E-state index is 13.0. The Labute approximate surface area is 138 Å². The van der Waals surface area contributed by atoms with Gasteiger partial charge < -0.3 is 10.2 Å². The molecule has 0 radical (unpaired) electrons. The Morgan fingerprint density at radius 2 is 1.88 bits per heavy atom. The largest absolute Gasteiger partial charge is 0.386 e. The van der Waals surface area contributed by atoms with Gasteiger partial charge in [-0.15, -0.1) is 0 Å². The summed E-state index contributed by atoms with van der Waals surface area (Å²) in [7, 11) is 0. The predicted molar refractivity (Wildman–Crippen MR) is 92.5 cm³/mol. The summed E-state index contributed by atoms with van der Waals surface area (Å²) in [6.07, 6.45) is 1.35. The zero-order chi connectivity index (χ0) is 16.8. The topological polar surface area (TPSA) is 50.7 Å². The summed E-state index contributed by atoms with van der Waals surface area (Å²) in [6, 6.07) is 19.5. The number of amides is 1. The van der Waals surface area contributed by atoms with E-state index in [1.165, 1.54) is 18.3 Å². The first-order chi connectivity index (χ1) is 11.7. The maximum absolute atomic E-state index is 13.0. The summed E-state index contributed by atoms with van der Waals surface area (Å²) in [4.78, 5) is 16.8. The number of carbonyl (C=O) groups excluding carboxylic acids is 1. The van der Waals surface area contributed by atoms with Gasteiger partial charge in [0.2, 0.25) is 0 Å². The van der Waals surface area contributed by atoms with Crippen LogP contribution in [-0.4, -0.2) is 18.7 Å². The lowest BCUT2D eigenvalue weighted by molar-refractivity contribution is -0.120. The number of hydrogen-bond donors (Lipinski definition) is 1. The zero-order valence-electron chi connectivity index (χ0n) is 12.8. The minimum Gasteiger partial charge on any atom is -0.386 e. The fourth-order valence-electron chi connectivity index (χ4n) is 2.25. The number of halogens is 1. The molecule has 0 aliphatic rings. The summed E-state index contributed by atoms with van der Waals surface area (Å²) in [5.74, 6) is -0.672. The van der Waals surface area contributed by atoms with Crippen LogP contribution in [0.3, 0.4) is 0 Å². The highest BCUT2D eigenvalue weighted by Gasteiger charge is 2.03. The minimum atomic E-state index is -0.354. The van der Waals surface area contributed by atoms with Crippen molar-refractivity contribution in [2.24, 2.45) is 5.16 Å². The van der Waals surface area contributed by atoms with Crippen molar-refractivity contribution < 1.29 is 14.0 Å². The zero-order valence-corrected chi connectivity index (χ0v) is 12.8. The van der Waals surface area contributed by atoms with E-state index in [0.29, 0.717) is 11.3 Å². The van der Waals surface area contributed by atoms with Crippen molar-refractivity contribution in [1.29, 1.82) is 0 Å². The second-order valence-corrected chi connectivity index (χ2v) is 5.17. The van der Waals surface area contributed by atoms with E-state index in [1.807, 2.05) is 42.5 Å². The van der Waals surface area contributed by atoms with Gasteiger partial charge in [-0.25, -0.2) is 4.39 Å². The van der Waals surface area contributed by atoms with Gasteiger partial charge in [-0.2, -0.15) is 0 Å². The third kappa shape index (κ3) is 4.16. The molecule has 5 heteroatoms. The normalized spacial score (nSPS) is 10.9. The predicted octanol–water partition coefficient (Wildman–Crippen LogP) is 3.97. The Hall–Kier alpha value is -3.21. The van der Waals surface area contributed by atoms with E-state index >= 15 is 0 Å². The number of benzene rings is 3. The molecule has 0 heterocycles. The first kappa shape index (κ1) is 15.7. The van der Waals surface area contributed by atoms with Crippen molar-refractivity contribution in [3.05, 3.63) is 78.1 Å². The Kier molecular flexibility index (Phi) is 4.81. The summed E-state index contributed by atoms with van der Waals surface area (Å²) in [5.41, 5.74) is 1.25. The van der Waals surface area contributed by atoms with Crippen LogP contribution < -0.4 is 5.32 Å². The number of fused-ring (bicyclic) bond motifs is 1. The molecule has 0 aliphatic carbocycles. The van der Waals surface area contributed by atoms with Crippen molar-refractivity contribution in [3.63, 3.8) is 0 Å². The number of rotatable bonds is 5. The molecule has 0 saturated heterocycles. The molecule has 0 unspecified atom stereocenters. The van der Waals surface area contributed by atoms with E-state index in [2.05, 4.69) is 10.5 Å². The molecule has 0 saturated carbocycles. The smallest absolute Gasteiger partial charge is 0.265 e. The van der Waals surface area contributed by atoms with Gasteiger partial charge in [0.25, 0.3) is 5.91 Å². The van der Waals surface area contributed by atoms with E-state index < -0.39 is 0 Å². The first-order valence-corrected chi connectivity index (χ1v) is 7.40. The van der Waals surface area contributed by atoms with E-state index in [1.54, 1.807) is 12.1 Å². The van der Waals surface area contributed by atoms with Crippen LogP contribution >= 0.6 is 0 Å². The molecule has 0 aliphatic heterocycles. The van der Waals surface area contributed by atoms with Gasteiger partial charge in [-0.1, -0.05) is 47.6 Å². The standard InChI is InChI=1S/C19H15FN2O2/c20-17-7-3-4-14(10-17)12-21-24-13-19(23)22-18-9-8-15-5-1-2-6-16(15)11-18/h1-12H,13H2,(H,22,23)/b21-12-. The minimum absolute atomic E-state index is 0.224. The average Bonchev–Trinajstić information content (AvgIpc) is 2.59.